The van der Waals surface area contributed by atoms with Crippen molar-refractivity contribution in [2.45, 2.75) is 11.8 Å². The minimum atomic E-state index is -0.979. The predicted octanol–water partition coefficient (Wildman–Crippen LogP) is 1.04. The fraction of sp³-hybridized carbons (Fsp3) is 0.300. The summed E-state index contributed by atoms with van der Waals surface area (Å²) in [5, 5.41) is 17.6. The number of carbonyl (C=O) groups is 1. The van der Waals surface area contributed by atoms with Crippen molar-refractivity contribution in [3.8, 4) is 5.75 Å². The Hall–Kier alpha value is -1.20. The Bertz CT molecular complexity index is 326. The maximum absolute atomic E-state index is 10.4. The summed E-state index contributed by atoms with van der Waals surface area (Å²) < 4.78 is 0. The fourth-order valence-electron chi connectivity index (χ4n) is 0.967. The van der Waals surface area contributed by atoms with Gasteiger partial charge in [0.15, 0.2) is 0 Å². The van der Waals surface area contributed by atoms with Crippen molar-refractivity contribution >= 4 is 17.7 Å². The summed E-state index contributed by atoms with van der Waals surface area (Å²) in [5.74, 6) is 0.330. The Labute approximate surface area is 92.1 Å². The molecule has 0 spiro atoms. The number of hydrogen-bond donors (Lipinski definition) is 3. The molecule has 0 saturated carbocycles. The Morgan fingerprint density at radius 3 is 2.53 bits per heavy atom. The van der Waals surface area contributed by atoms with Crippen molar-refractivity contribution in [1.82, 2.24) is 0 Å². The van der Waals surface area contributed by atoms with Gasteiger partial charge in [-0.25, -0.2) is 0 Å². The van der Waals surface area contributed by atoms with Gasteiger partial charge in [-0.1, -0.05) is 12.1 Å². The van der Waals surface area contributed by atoms with Crippen LogP contribution in [0.25, 0.3) is 0 Å². The number of hydrogen-bond acceptors (Lipinski definition) is 4. The van der Waals surface area contributed by atoms with E-state index in [4.69, 9.17) is 15.9 Å². The average Bonchev–Trinajstić information content (AvgIpc) is 2.20. The van der Waals surface area contributed by atoms with Gasteiger partial charge >= 0.3 is 5.97 Å². The third-order valence-electron chi connectivity index (χ3n) is 1.82. The molecule has 0 aliphatic rings. The van der Waals surface area contributed by atoms with Crippen LogP contribution in [0.5, 0.6) is 5.75 Å². The van der Waals surface area contributed by atoms with Crippen LogP contribution in [0, 0.1) is 0 Å². The highest BCUT2D eigenvalue weighted by atomic mass is 32.2. The molecule has 82 valence electrons. The van der Waals surface area contributed by atoms with Gasteiger partial charge in [-0.2, -0.15) is 11.8 Å². The molecule has 5 heteroatoms. The van der Waals surface area contributed by atoms with E-state index in [0.717, 1.165) is 5.56 Å². The number of aliphatic carboxylic acids is 1. The smallest absolute Gasteiger partial charge is 0.321 e. The Morgan fingerprint density at radius 2 is 2.00 bits per heavy atom. The van der Waals surface area contributed by atoms with Crippen LogP contribution >= 0.6 is 11.8 Å². The molecule has 0 heterocycles. The van der Waals surface area contributed by atoms with Gasteiger partial charge in [0.05, 0.1) is 0 Å². The van der Waals surface area contributed by atoms with Crippen LogP contribution in [-0.4, -0.2) is 28.0 Å². The van der Waals surface area contributed by atoms with E-state index in [1.165, 1.54) is 11.8 Å². The third kappa shape index (κ3) is 4.22. The zero-order valence-electron chi connectivity index (χ0n) is 8.09. The van der Waals surface area contributed by atoms with Crippen molar-refractivity contribution in [1.29, 1.82) is 0 Å². The Balaban J connectivity index is 2.32. The molecule has 4 nitrogen and oxygen atoms in total. The van der Waals surface area contributed by atoms with Crippen molar-refractivity contribution < 1.29 is 15.0 Å². The van der Waals surface area contributed by atoms with E-state index in [1.54, 1.807) is 24.3 Å². The lowest BCUT2D eigenvalue weighted by Crippen LogP contribution is -2.32. The monoisotopic (exact) mass is 227 g/mol. The van der Waals surface area contributed by atoms with E-state index in [-0.39, 0.29) is 5.75 Å². The zero-order valence-corrected chi connectivity index (χ0v) is 8.91. The first-order chi connectivity index (χ1) is 7.09. The van der Waals surface area contributed by atoms with E-state index < -0.39 is 12.0 Å². The van der Waals surface area contributed by atoms with Gasteiger partial charge < -0.3 is 15.9 Å². The number of phenols is 1. The molecule has 0 aliphatic carbocycles. The highest BCUT2D eigenvalue weighted by Crippen LogP contribution is 2.15. The molecule has 0 saturated heterocycles. The largest absolute Gasteiger partial charge is 0.508 e. The molecule has 0 amide bonds. The first kappa shape index (κ1) is 11.9. The molecule has 0 radical (unpaired) electrons. The number of carboxylic acids is 1. The number of phenolic OH excluding ortho intramolecular Hbond substituents is 1. The van der Waals surface area contributed by atoms with Crippen molar-refractivity contribution in [3.63, 3.8) is 0 Å². The number of nitrogens with two attached hydrogens (primary N) is 1. The number of thioether (sulfide) groups is 1. The van der Waals surface area contributed by atoms with Gasteiger partial charge in [0.25, 0.3) is 0 Å². The summed E-state index contributed by atoms with van der Waals surface area (Å²) in [5.41, 5.74) is 6.38. The summed E-state index contributed by atoms with van der Waals surface area (Å²) >= 11 is 1.46. The molecule has 1 unspecified atom stereocenters. The summed E-state index contributed by atoms with van der Waals surface area (Å²) in [6.45, 7) is 0. The standard InChI is InChI=1S/C10H13NO3S/c11-9(10(13)14)6-15-5-7-1-3-8(12)4-2-7/h1-4,9,12H,5-6,11H2,(H,13,14). The second kappa shape index (κ2) is 5.63. The first-order valence-corrected chi connectivity index (χ1v) is 5.59. The van der Waals surface area contributed by atoms with Crippen LogP contribution < -0.4 is 5.73 Å². The fourth-order valence-corrected chi connectivity index (χ4v) is 1.91. The van der Waals surface area contributed by atoms with Crippen LogP contribution in [-0.2, 0) is 10.5 Å². The lowest BCUT2D eigenvalue weighted by atomic mass is 10.2. The van der Waals surface area contributed by atoms with Gasteiger partial charge in [0.1, 0.15) is 11.8 Å². The topological polar surface area (TPSA) is 83.5 Å². The minimum Gasteiger partial charge on any atom is -0.508 e. The molecule has 0 fully saturated rings. The van der Waals surface area contributed by atoms with E-state index in [9.17, 15) is 4.79 Å². The summed E-state index contributed by atoms with van der Waals surface area (Å²) in [6, 6.07) is 6.00. The zero-order chi connectivity index (χ0) is 11.3. The van der Waals surface area contributed by atoms with Gasteiger partial charge in [-0.15, -0.1) is 0 Å². The van der Waals surface area contributed by atoms with Crippen molar-refractivity contribution in [2.75, 3.05) is 5.75 Å². The summed E-state index contributed by atoms with van der Waals surface area (Å²) in [4.78, 5) is 10.4. The molecule has 1 aromatic rings. The van der Waals surface area contributed by atoms with Crippen LogP contribution in [0.2, 0.25) is 0 Å². The highest BCUT2D eigenvalue weighted by molar-refractivity contribution is 7.98. The first-order valence-electron chi connectivity index (χ1n) is 4.43. The van der Waals surface area contributed by atoms with Gasteiger partial charge in [0, 0.05) is 11.5 Å². The van der Waals surface area contributed by atoms with E-state index in [0.29, 0.717) is 11.5 Å². The Morgan fingerprint density at radius 1 is 1.40 bits per heavy atom. The molecule has 1 aromatic carbocycles. The van der Waals surface area contributed by atoms with Crippen LogP contribution in [0.1, 0.15) is 5.56 Å². The van der Waals surface area contributed by atoms with Gasteiger partial charge in [-0.3, -0.25) is 4.79 Å². The summed E-state index contributed by atoms with van der Waals surface area (Å²) in [6.07, 6.45) is 0. The molecule has 0 aromatic heterocycles. The van der Waals surface area contributed by atoms with E-state index in [1.807, 2.05) is 0 Å². The second-order valence-corrected chi connectivity index (χ2v) is 4.16. The van der Waals surface area contributed by atoms with Crippen LogP contribution in [0.15, 0.2) is 24.3 Å². The van der Waals surface area contributed by atoms with Crippen LogP contribution in [0.4, 0.5) is 0 Å². The molecule has 1 atom stereocenters. The van der Waals surface area contributed by atoms with Gasteiger partial charge in [-0.05, 0) is 17.7 Å². The normalized spacial score (nSPS) is 12.3. The maximum atomic E-state index is 10.4. The van der Waals surface area contributed by atoms with Crippen molar-refractivity contribution in [3.05, 3.63) is 29.8 Å². The number of benzene rings is 1. The molecule has 15 heavy (non-hydrogen) atoms. The minimum absolute atomic E-state index is 0.228. The van der Waals surface area contributed by atoms with Gasteiger partial charge in [0.2, 0.25) is 0 Å². The quantitative estimate of drug-likeness (QED) is 0.700. The molecule has 0 aliphatic heterocycles. The number of carboxylic acid groups (broad SMARTS) is 1. The van der Waals surface area contributed by atoms with E-state index >= 15 is 0 Å². The third-order valence-corrected chi connectivity index (χ3v) is 2.95. The lowest BCUT2D eigenvalue weighted by molar-refractivity contribution is -0.137. The number of aromatic hydroxyl groups is 1. The second-order valence-electron chi connectivity index (χ2n) is 3.13. The van der Waals surface area contributed by atoms with E-state index in [2.05, 4.69) is 0 Å². The lowest BCUT2D eigenvalue weighted by Gasteiger charge is -2.05. The Kier molecular flexibility index (Phi) is 4.45. The van der Waals surface area contributed by atoms with Crippen LogP contribution in [0.3, 0.4) is 0 Å². The maximum Gasteiger partial charge on any atom is 0.321 e. The molecule has 4 N–H and O–H groups in total. The molecular weight excluding hydrogens is 214 g/mol. The molecule has 1 rings (SSSR count). The predicted molar refractivity (Wildman–Crippen MR) is 59.9 cm³/mol. The average molecular weight is 227 g/mol. The molecule has 0 bridgehead atoms. The highest BCUT2D eigenvalue weighted by Gasteiger charge is 2.10. The number of rotatable bonds is 5. The summed E-state index contributed by atoms with van der Waals surface area (Å²) in [7, 11) is 0. The van der Waals surface area contributed by atoms with Crippen molar-refractivity contribution in [2.24, 2.45) is 5.73 Å². The SMILES string of the molecule is NC(CSCc1ccc(O)cc1)C(=O)O. The molecular formula is C10H13NO3S.